The molecule has 26 heavy (non-hydrogen) atoms. The summed E-state index contributed by atoms with van der Waals surface area (Å²) in [5.41, 5.74) is 1.71. The maximum atomic E-state index is 11.7. The van der Waals surface area contributed by atoms with Crippen LogP contribution < -0.4 is 4.90 Å². The molecule has 0 aliphatic carbocycles. The van der Waals surface area contributed by atoms with Gasteiger partial charge in [-0.3, -0.25) is 9.78 Å². The van der Waals surface area contributed by atoms with Crippen molar-refractivity contribution in [1.29, 1.82) is 0 Å². The van der Waals surface area contributed by atoms with E-state index in [9.17, 15) is 9.90 Å². The van der Waals surface area contributed by atoms with Crippen LogP contribution in [0.1, 0.15) is 17.3 Å². The van der Waals surface area contributed by atoms with Crippen LogP contribution in [0.25, 0.3) is 11.5 Å². The molecular weight excluding hydrogens is 334 g/mol. The first-order valence-corrected chi connectivity index (χ1v) is 8.26. The Hall–Kier alpha value is -3.29. The fraction of sp³-hybridized carbons (Fsp3) is 0.278. The average Bonchev–Trinajstić information content (AvgIpc) is 3.29. The molecule has 0 aromatic carbocycles. The maximum Gasteiger partial charge on any atom is 0.308 e. The van der Waals surface area contributed by atoms with E-state index in [0.717, 1.165) is 16.9 Å². The van der Waals surface area contributed by atoms with E-state index >= 15 is 0 Å². The third-order valence-corrected chi connectivity index (χ3v) is 4.62. The zero-order valence-corrected chi connectivity index (χ0v) is 14.1. The van der Waals surface area contributed by atoms with Crippen molar-refractivity contribution in [2.45, 2.75) is 12.8 Å². The Morgan fingerprint density at radius 2 is 2.04 bits per heavy atom. The lowest BCUT2D eigenvalue weighted by Crippen LogP contribution is -2.23. The molecule has 0 bridgehead atoms. The largest absolute Gasteiger partial charge is 0.481 e. The molecule has 132 valence electrons. The number of carboxylic acids is 1. The molecule has 4 rings (SSSR count). The number of hydrogen-bond acceptors (Lipinski definition) is 7. The molecule has 0 saturated carbocycles. The third kappa shape index (κ3) is 3.01. The van der Waals surface area contributed by atoms with Crippen LogP contribution in [-0.4, -0.2) is 44.3 Å². The third-order valence-electron chi connectivity index (χ3n) is 4.62. The van der Waals surface area contributed by atoms with Crippen molar-refractivity contribution in [3.63, 3.8) is 0 Å². The number of nitrogens with zero attached hydrogens (tertiary/aromatic N) is 5. The molecular formula is C18H17N5O3. The molecule has 1 N–H and O–H groups in total. The number of rotatable bonds is 4. The average molecular weight is 351 g/mol. The van der Waals surface area contributed by atoms with E-state index in [1.165, 1.54) is 0 Å². The van der Waals surface area contributed by atoms with Crippen LogP contribution in [0.2, 0.25) is 0 Å². The standard InChI is InChI=1S/C18H17N5O3/c1-11-21-17(26-22-11)13-2-3-16(20-8-13)23-9-14(15(10-23)18(24)25)12-4-6-19-7-5-12/h2-8,14-15H,9-10H2,1H3,(H,24,25)/t14-,15+/m0/s1. The molecule has 3 aromatic rings. The van der Waals surface area contributed by atoms with Crippen molar-refractivity contribution in [3.8, 4) is 11.5 Å². The number of hydrogen-bond donors (Lipinski definition) is 1. The van der Waals surface area contributed by atoms with Crippen LogP contribution >= 0.6 is 0 Å². The zero-order valence-electron chi connectivity index (χ0n) is 14.1. The minimum Gasteiger partial charge on any atom is -0.481 e. The van der Waals surface area contributed by atoms with Gasteiger partial charge in [0.1, 0.15) is 5.82 Å². The molecule has 2 atom stereocenters. The topological polar surface area (TPSA) is 105 Å². The van der Waals surface area contributed by atoms with Crippen molar-refractivity contribution in [2.24, 2.45) is 5.92 Å². The van der Waals surface area contributed by atoms with Gasteiger partial charge in [-0.1, -0.05) is 5.16 Å². The first-order valence-electron chi connectivity index (χ1n) is 8.26. The smallest absolute Gasteiger partial charge is 0.308 e. The van der Waals surface area contributed by atoms with E-state index in [-0.39, 0.29) is 5.92 Å². The van der Waals surface area contributed by atoms with E-state index in [2.05, 4.69) is 20.1 Å². The Bertz CT molecular complexity index is 910. The number of aryl methyl sites for hydroxylation is 1. The van der Waals surface area contributed by atoms with E-state index in [1.807, 2.05) is 29.2 Å². The van der Waals surface area contributed by atoms with Crippen molar-refractivity contribution in [2.75, 3.05) is 18.0 Å². The summed E-state index contributed by atoms with van der Waals surface area (Å²) in [5, 5.41) is 13.4. The molecule has 0 unspecified atom stereocenters. The van der Waals surface area contributed by atoms with Gasteiger partial charge in [-0.2, -0.15) is 4.98 Å². The molecule has 8 heteroatoms. The normalized spacial score (nSPS) is 19.7. The van der Waals surface area contributed by atoms with E-state index in [1.54, 1.807) is 25.5 Å². The van der Waals surface area contributed by atoms with Gasteiger partial charge >= 0.3 is 5.97 Å². The van der Waals surface area contributed by atoms with Gasteiger partial charge in [0.15, 0.2) is 5.82 Å². The monoisotopic (exact) mass is 351 g/mol. The molecule has 0 spiro atoms. The molecule has 8 nitrogen and oxygen atoms in total. The Balaban J connectivity index is 1.57. The lowest BCUT2D eigenvalue weighted by molar-refractivity contribution is -0.141. The van der Waals surface area contributed by atoms with Gasteiger partial charge in [0.2, 0.25) is 0 Å². The maximum absolute atomic E-state index is 11.7. The Labute approximate surface area is 149 Å². The van der Waals surface area contributed by atoms with E-state index in [0.29, 0.717) is 24.8 Å². The SMILES string of the molecule is Cc1noc(-c2ccc(N3C[C@@H](C(=O)O)[C@H](c4ccncc4)C3)nc2)n1. The van der Waals surface area contributed by atoms with Gasteiger partial charge < -0.3 is 14.5 Å². The fourth-order valence-corrected chi connectivity index (χ4v) is 3.30. The van der Waals surface area contributed by atoms with Crippen LogP contribution in [-0.2, 0) is 4.79 Å². The van der Waals surface area contributed by atoms with Gasteiger partial charge in [-0.15, -0.1) is 0 Å². The number of aliphatic carboxylic acids is 1. The highest BCUT2D eigenvalue weighted by atomic mass is 16.5. The van der Waals surface area contributed by atoms with Gasteiger partial charge in [-0.25, -0.2) is 4.98 Å². The number of aromatic nitrogens is 4. The number of carbonyl (C=O) groups is 1. The molecule has 3 aromatic heterocycles. The summed E-state index contributed by atoms with van der Waals surface area (Å²) in [6, 6.07) is 7.45. The molecule has 1 fully saturated rings. The van der Waals surface area contributed by atoms with Crippen molar-refractivity contribution in [1.82, 2.24) is 20.1 Å². The van der Waals surface area contributed by atoms with Crippen LogP contribution in [0.3, 0.4) is 0 Å². The highest BCUT2D eigenvalue weighted by Crippen LogP contribution is 2.35. The minimum atomic E-state index is -0.799. The summed E-state index contributed by atoms with van der Waals surface area (Å²) in [7, 11) is 0. The van der Waals surface area contributed by atoms with Gasteiger partial charge in [0, 0.05) is 37.6 Å². The predicted molar refractivity (Wildman–Crippen MR) is 92.6 cm³/mol. The van der Waals surface area contributed by atoms with Crippen molar-refractivity contribution >= 4 is 11.8 Å². The van der Waals surface area contributed by atoms with Crippen LogP contribution in [0, 0.1) is 12.8 Å². The Morgan fingerprint density at radius 1 is 1.23 bits per heavy atom. The summed E-state index contributed by atoms with van der Waals surface area (Å²) in [6.45, 7) is 2.76. The quantitative estimate of drug-likeness (QED) is 0.762. The number of carboxylic acid groups (broad SMARTS) is 1. The van der Waals surface area contributed by atoms with Gasteiger partial charge in [-0.05, 0) is 36.8 Å². The molecule has 1 saturated heterocycles. The fourth-order valence-electron chi connectivity index (χ4n) is 3.30. The van der Waals surface area contributed by atoms with Crippen molar-refractivity contribution in [3.05, 3.63) is 54.2 Å². The summed E-state index contributed by atoms with van der Waals surface area (Å²) in [6.07, 6.45) is 5.05. The summed E-state index contributed by atoms with van der Waals surface area (Å²) in [5.74, 6) is 0.322. The van der Waals surface area contributed by atoms with Gasteiger partial charge in [0.05, 0.1) is 11.5 Å². The first-order chi connectivity index (χ1) is 12.6. The van der Waals surface area contributed by atoms with Crippen molar-refractivity contribution < 1.29 is 14.4 Å². The molecule has 1 aliphatic heterocycles. The second-order valence-electron chi connectivity index (χ2n) is 6.29. The Kier molecular flexibility index (Phi) is 4.08. The van der Waals surface area contributed by atoms with E-state index in [4.69, 9.17) is 4.52 Å². The zero-order chi connectivity index (χ0) is 18.1. The number of anilines is 1. The van der Waals surface area contributed by atoms with Crippen LogP contribution in [0.15, 0.2) is 47.4 Å². The predicted octanol–water partition coefficient (Wildman–Crippen LogP) is 2.14. The molecule has 4 heterocycles. The minimum absolute atomic E-state index is 0.101. The molecule has 1 aliphatic rings. The lowest BCUT2D eigenvalue weighted by atomic mass is 9.90. The summed E-state index contributed by atoms with van der Waals surface area (Å²) < 4.78 is 5.14. The van der Waals surface area contributed by atoms with Crippen LogP contribution in [0.4, 0.5) is 5.82 Å². The van der Waals surface area contributed by atoms with Gasteiger partial charge in [0.25, 0.3) is 5.89 Å². The second-order valence-corrected chi connectivity index (χ2v) is 6.29. The highest BCUT2D eigenvalue weighted by Gasteiger charge is 2.39. The highest BCUT2D eigenvalue weighted by molar-refractivity contribution is 5.74. The molecule has 0 radical (unpaired) electrons. The Morgan fingerprint density at radius 3 is 2.65 bits per heavy atom. The number of pyridine rings is 2. The first kappa shape index (κ1) is 16.2. The van der Waals surface area contributed by atoms with Crippen LogP contribution in [0.5, 0.6) is 0 Å². The van der Waals surface area contributed by atoms with E-state index < -0.39 is 11.9 Å². The molecule has 0 amide bonds. The summed E-state index contributed by atoms with van der Waals surface area (Å²) >= 11 is 0. The second kappa shape index (κ2) is 6.55. The lowest BCUT2D eigenvalue weighted by Gasteiger charge is -2.17. The summed E-state index contributed by atoms with van der Waals surface area (Å²) in [4.78, 5) is 26.4.